The summed E-state index contributed by atoms with van der Waals surface area (Å²) in [5.41, 5.74) is 2.50. The summed E-state index contributed by atoms with van der Waals surface area (Å²) in [7, 11) is 0. The van der Waals surface area contributed by atoms with Crippen LogP contribution in [0.1, 0.15) is 33.4 Å². The van der Waals surface area contributed by atoms with Gasteiger partial charge in [0.25, 0.3) is 11.8 Å². The number of thiophene rings is 1. The van der Waals surface area contributed by atoms with Crippen LogP contribution in [0, 0.1) is 0 Å². The zero-order valence-corrected chi connectivity index (χ0v) is 16.9. The number of rotatable bonds is 7. The van der Waals surface area contributed by atoms with Crippen LogP contribution in [0.3, 0.4) is 0 Å². The second kappa shape index (κ2) is 9.39. The molecule has 28 heavy (non-hydrogen) atoms. The van der Waals surface area contributed by atoms with Gasteiger partial charge in [-0.15, -0.1) is 11.3 Å². The van der Waals surface area contributed by atoms with Crippen LogP contribution in [-0.4, -0.2) is 18.4 Å². The molecule has 144 valence electrons. The van der Waals surface area contributed by atoms with Gasteiger partial charge in [-0.3, -0.25) is 9.59 Å². The summed E-state index contributed by atoms with van der Waals surface area (Å²) in [5, 5.41) is 8.93. The Labute approximate surface area is 172 Å². The van der Waals surface area contributed by atoms with E-state index < -0.39 is 0 Å². The Balaban J connectivity index is 1.71. The van der Waals surface area contributed by atoms with Crippen LogP contribution in [0.2, 0.25) is 4.34 Å². The molecular formula is C21H20ClN3O2S. The van der Waals surface area contributed by atoms with E-state index in [2.05, 4.69) is 22.9 Å². The van der Waals surface area contributed by atoms with Gasteiger partial charge in [0.15, 0.2) is 0 Å². The Bertz CT molecular complexity index is 970. The molecule has 1 aromatic heterocycles. The summed E-state index contributed by atoms with van der Waals surface area (Å²) in [4.78, 5) is 25.6. The predicted molar refractivity (Wildman–Crippen MR) is 117 cm³/mol. The van der Waals surface area contributed by atoms with Crippen LogP contribution < -0.4 is 16.0 Å². The summed E-state index contributed by atoms with van der Waals surface area (Å²) in [6.07, 6.45) is 1.04. The van der Waals surface area contributed by atoms with Crippen LogP contribution in [0.15, 0.2) is 60.7 Å². The Morgan fingerprint density at radius 1 is 0.893 bits per heavy atom. The first-order chi connectivity index (χ1) is 13.6. The molecule has 3 rings (SSSR count). The fourth-order valence-electron chi connectivity index (χ4n) is 2.55. The van der Waals surface area contributed by atoms with Crippen molar-refractivity contribution in [1.82, 2.24) is 0 Å². The first kappa shape index (κ1) is 19.9. The molecule has 3 N–H and O–H groups in total. The Hall–Kier alpha value is -2.83. The number of anilines is 3. The van der Waals surface area contributed by atoms with Crippen LogP contribution >= 0.6 is 22.9 Å². The number of carbonyl (C=O) groups is 2. The number of amides is 2. The number of nitrogens with one attached hydrogen (secondary N) is 3. The maximum Gasteiger partial charge on any atom is 0.265 e. The lowest BCUT2D eigenvalue weighted by Gasteiger charge is -2.12. The monoisotopic (exact) mass is 413 g/mol. The van der Waals surface area contributed by atoms with Crippen molar-refractivity contribution in [3.05, 3.63) is 75.4 Å². The summed E-state index contributed by atoms with van der Waals surface area (Å²) >= 11 is 7.07. The van der Waals surface area contributed by atoms with Crippen LogP contribution in [-0.2, 0) is 0 Å². The van der Waals surface area contributed by atoms with Crippen molar-refractivity contribution in [3.63, 3.8) is 0 Å². The van der Waals surface area contributed by atoms with Gasteiger partial charge in [0.05, 0.1) is 20.5 Å². The van der Waals surface area contributed by atoms with Gasteiger partial charge < -0.3 is 16.0 Å². The van der Waals surface area contributed by atoms with E-state index in [0.29, 0.717) is 26.2 Å². The van der Waals surface area contributed by atoms with Gasteiger partial charge in [-0.05, 0) is 55.0 Å². The molecule has 0 spiro atoms. The van der Waals surface area contributed by atoms with Crippen LogP contribution in [0.5, 0.6) is 0 Å². The highest BCUT2D eigenvalue weighted by Gasteiger charge is 2.15. The molecule has 0 aliphatic heterocycles. The molecule has 0 aliphatic carbocycles. The van der Waals surface area contributed by atoms with Crippen molar-refractivity contribution < 1.29 is 9.59 Å². The van der Waals surface area contributed by atoms with Gasteiger partial charge >= 0.3 is 0 Å². The molecule has 0 saturated carbocycles. The molecule has 0 atom stereocenters. The fourth-order valence-corrected chi connectivity index (χ4v) is 3.49. The second-order valence-corrected chi connectivity index (χ2v) is 7.78. The van der Waals surface area contributed by atoms with E-state index in [-0.39, 0.29) is 11.8 Å². The topological polar surface area (TPSA) is 70.2 Å². The van der Waals surface area contributed by atoms with Crippen LogP contribution in [0.25, 0.3) is 0 Å². The average molecular weight is 414 g/mol. The van der Waals surface area contributed by atoms with Crippen LogP contribution in [0.4, 0.5) is 17.1 Å². The lowest BCUT2D eigenvalue weighted by molar-refractivity contribution is 0.102. The first-order valence-electron chi connectivity index (χ1n) is 8.88. The van der Waals surface area contributed by atoms with Gasteiger partial charge in [-0.25, -0.2) is 0 Å². The largest absolute Gasteiger partial charge is 0.385 e. The minimum absolute atomic E-state index is 0.297. The molecule has 0 bridgehead atoms. The third-order valence-electron chi connectivity index (χ3n) is 3.94. The zero-order chi connectivity index (χ0) is 19.9. The van der Waals surface area contributed by atoms with E-state index in [0.717, 1.165) is 18.7 Å². The summed E-state index contributed by atoms with van der Waals surface area (Å²) in [6.45, 7) is 3.00. The average Bonchev–Trinajstić information content (AvgIpc) is 3.14. The second-order valence-electron chi connectivity index (χ2n) is 6.06. The fraction of sp³-hybridized carbons (Fsp3) is 0.143. The maximum atomic E-state index is 12.7. The van der Waals surface area contributed by atoms with Crippen molar-refractivity contribution >= 4 is 51.8 Å². The number of hydrogen-bond donors (Lipinski definition) is 3. The number of hydrogen-bond acceptors (Lipinski definition) is 4. The van der Waals surface area contributed by atoms with Gasteiger partial charge in [-0.2, -0.15) is 0 Å². The van der Waals surface area contributed by atoms with E-state index in [1.807, 2.05) is 24.3 Å². The van der Waals surface area contributed by atoms with Crippen molar-refractivity contribution in [2.24, 2.45) is 0 Å². The molecule has 2 amide bonds. The number of halogens is 1. The molecule has 2 aromatic carbocycles. The molecular weight excluding hydrogens is 394 g/mol. The Morgan fingerprint density at radius 2 is 1.61 bits per heavy atom. The molecule has 0 fully saturated rings. The van der Waals surface area contributed by atoms with E-state index in [1.165, 1.54) is 11.3 Å². The van der Waals surface area contributed by atoms with Gasteiger partial charge in [-0.1, -0.05) is 30.7 Å². The van der Waals surface area contributed by atoms with Gasteiger partial charge in [0, 0.05) is 17.9 Å². The standard InChI is InChI=1S/C21H20ClN3O2S/c1-2-13-23-14-7-9-15(10-8-14)24-20(26)16-5-3-4-6-17(16)25-21(27)18-11-12-19(22)28-18/h3-12,23H,2,13H2,1H3,(H,24,26)(H,25,27). The third-order valence-corrected chi connectivity index (χ3v) is 5.17. The van der Waals surface area contributed by atoms with Crippen molar-refractivity contribution in [3.8, 4) is 0 Å². The van der Waals surface area contributed by atoms with Gasteiger partial charge in [0.1, 0.15) is 0 Å². The zero-order valence-electron chi connectivity index (χ0n) is 15.3. The SMILES string of the molecule is CCCNc1ccc(NC(=O)c2ccccc2NC(=O)c2ccc(Cl)s2)cc1. The first-order valence-corrected chi connectivity index (χ1v) is 10.1. The van der Waals surface area contributed by atoms with E-state index in [1.54, 1.807) is 36.4 Å². The molecule has 7 heteroatoms. The highest BCUT2D eigenvalue weighted by molar-refractivity contribution is 7.18. The van der Waals surface area contributed by atoms with Crippen molar-refractivity contribution in [1.29, 1.82) is 0 Å². The lowest BCUT2D eigenvalue weighted by atomic mass is 10.1. The minimum atomic E-state index is -0.302. The molecule has 1 heterocycles. The predicted octanol–water partition coefficient (Wildman–Crippen LogP) is 5.73. The third kappa shape index (κ3) is 5.12. The Morgan fingerprint density at radius 3 is 2.29 bits per heavy atom. The molecule has 0 radical (unpaired) electrons. The lowest BCUT2D eigenvalue weighted by Crippen LogP contribution is -2.17. The van der Waals surface area contributed by atoms with Gasteiger partial charge in [0.2, 0.25) is 0 Å². The molecule has 3 aromatic rings. The van der Waals surface area contributed by atoms with Crippen molar-refractivity contribution in [2.45, 2.75) is 13.3 Å². The summed E-state index contributed by atoms with van der Waals surface area (Å²) < 4.78 is 0.535. The van der Waals surface area contributed by atoms with E-state index in [4.69, 9.17) is 11.6 Å². The summed E-state index contributed by atoms with van der Waals surface area (Å²) in [6, 6.07) is 17.7. The number of para-hydroxylation sites is 1. The molecule has 0 aliphatic rings. The minimum Gasteiger partial charge on any atom is -0.385 e. The molecule has 0 saturated heterocycles. The Kier molecular flexibility index (Phi) is 6.68. The summed E-state index contributed by atoms with van der Waals surface area (Å²) in [5.74, 6) is -0.599. The highest BCUT2D eigenvalue weighted by Crippen LogP contribution is 2.24. The number of carbonyl (C=O) groups excluding carboxylic acids is 2. The molecule has 0 unspecified atom stereocenters. The maximum absolute atomic E-state index is 12.7. The smallest absolute Gasteiger partial charge is 0.265 e. The van der Waals surface area contributed by atoms with E-state index in [9.17, 15) is 9.59 Å². The normalized spacial score (nSPS) is 10.4. The number of benzene rings is 2. The van der Waals surface area contributed by atoms with Crippen molar-refractivity contribution in [2.75, 3.05) is 22.5 Å². The quantitative estimate of drug-likeness (QED) is 0.463. The highest BCUT2D eigenvalue weighted by atomic mass is 35.5. The van der Waals surface area contributed by atoms with E-state index >= 15 is 0 Å². The molecule has 5 nitrogen and oxygen atoms in total.